The molecule has 0 saturated carbocycles. The molecule has 3 aromatic rings. The van der Waals surface area contributed by atoms with E-state index in [1.165, 1.54) is 0 Å². The second-order valence-electron chi connectivity index (χ2n) is 7.42. The lowest BCUT2D eigenvalue weighted by atomic mass is 10.0. The standard InChI is InChI=1S/C26H26N2O4/c1-3-31-20-14-15-23(32-4-2)22(16-20)27-25(29)24(18-10-6-5-7-11-18)28-17-19-12-8-9-13-21(19)26(28)30/h5-16,24H,3-4,17H2,1-2H3,(H,27,29)/t24-/m1/s1. The number of rotatable bonds is 8. The highest BCUT2D eigenvalue weighted by molar-refractivity contribution is 6.04. The van der Waals surface area contributed by atoms with Gasteiger partial charge in [0.25, 0.3) is 11.8 Å². The molecule has 32 heavy (non-hydrogen) atoms. The molecule has 2 amide bonds. The minimum Gasteiger partial charge on any atom is -0.494 e. The molecular formula is C26H26N2O4. The zero-order valence-electron chi connectivity index (χ0n) is 18.2. The fraction of sp³-hybridized carbons (Fsp3) is 0.231. The topological polar surface area (TPSA) is 67.9 Å². The number of hydrogen-bond acceptors (Lipinski definition) is 4. The van der Waals surface area contributed by atoms with Gasteiger partial charge in [0, 0.05) is 18.2 Å². The molecule has 0 unspecified atom stereocenters. The van der Waals surface area contributed by atoms with Gasteiger partial charge in [-0.2, -0.15) is 0 Å². The molecule has 1 heterocycles. The highest BCUT2D eigenvalue weighted by atomic mass is 16.5. The van der Waals surface area contributed by atoms with E-state index in [4.69, 9.17) is 9.47 Å². The van der Waals surface area contributed by atoms with E-state index >= 15 is 0 Å². The molecule has 6 nitrogen and oxygen atoms in total. The molecular weight excluding hydrogens is 404 g/mol. The number of amides is 2. The first-order valence-corrected chi connectivity index (χ1v) is 10.8. The van der Waals surface area contributed by atoms with Crippen LogP contribution in [0.25, 0.3) is 0 Å². The zero-order valence-corrected chi connectivity index (χ0v) is 18.2. The molecule has 0 aromatic heterocycles. The first-order chi connectivity index (χ1) is 15.6. The monoisotopic (exact) mass is 430 g/mol. The van der Waals surface area contributed by atoms with Crippen LogP contribution in [0.5, 0.6) is 11.5 Å². The van der Waals surface area contributed by atoms with E-state index in [-0.39, 0.29) is 11.8 Å². The molecule has 6 heteroatoms. The van der Waals surface area contributed by atoms with E-state index in [9.17, 15) is 9.59 Å². The Morgan fingerprint density at radius 2 is 1.69 bits per heavy atom. The summed E-state index contributed by atoms with van der Waals surface area (Å²) < 4.78 is 11.3. The fourth-order valence-electron chi connectivity index (χ4n) is 3.94. The highest BCUT2D eigenvalue weighted by Gasteiger charge is 2.37. The van der Waals surface area contributed by atoms with E-state index < -0.39 is 6.04 Å². The van der Waals surface area contributed by atoms with E-state index in [1.807, 2.05) is 62.4 Å². The van der Waals surface area contributed by atoms with Gasteiger partial charge < -0.3 is 19.7 Å². The minimum atomic E-state index is -0.790. The maximum Gasteiger partial charge on any atom is 0.255 e. The summed E-state index contributed by atoms with van der Waals surface area (Å²) in [6.45, 7) is 5.12. The van der Waals surface area contributed by atoms with Gasteiger partial charge in [-0.25, -0.2) is 0 Å². The zero-order chi connectivity index (χ0) is 22.5. The fourth-order valence-corrected chi connectivity index (χ4v) is 3.94. The Morgan fingerprint density at radius 3 is 2.41 bits per heavy atom. The lowest BCUT2D eigenvalue weighted by Crippen LogP contribution is -2.37. The third kappa shape index (κ3) is 4.30. The lowest BCUT2D eigenvalue weighted by Gasteiger charge is -2.27. The molecule has 1 atom stereocenters. The number of nitrogens with zero attached hydrogens (tertiary/aromatic N) is 1. The van der Waals surface area contributed by atoms with Crippen molar-refractivity contribution < 1.29 is 19.1 Å². The number of carbonyl (C=O) groups is 2. The van der Waals surface area contributed by atoms with Crippen molar-refractivity contribution in [2.75, 3.05) is 18.5 Å². The lowest BCUT2D eigenvalue weighted by molar-refractivity contribution is -0.120. The van der Waals surface area contributed by atoms with Crippen LogP contribution in [0.3, 0.4) is 0 Å². The molecule has 1 N–H and O–H groups in total. The SMILES string of the molecule is CCOc1ccc(OCC)c(NC(=O)[C@@H](c2ccccc2)N2Cc3ccccc3C2=O)c1. The van der Waals surface area contributed by atoms with Crippen LogP contribution in [0.4, 0.5) is 5.69 Å². The predicted octanol–water partition coefficient (Wildman–Crippen LogP) is 4.82. The summed E-state index contributed by atoms with van der Waals surface area (Å²) >= 11 is 0. The Labute approximate surface area is 187 Å². The summed E-state index contributed by atoms with van der Waals surface area (Å²) in [5.41, 5.74) is 2.80. The number of ether oxygens (including phenoxy) is 2. The van der Waals surface area contributed by atoms with Gasteiger partial charge >= 0.3 is 0 Å². The molecule has 0 bridgehead atoms. The van der Waals surface area contributed by atoms with E-state index in [0.29, 0.717) is 42.5 Å². The summed E-state index contributed by atoms with van der Waals surface area (Å²) in [5.74, 6) is 0.712. The van der Waals surface area contributed by atoms with Crippen molar-refractivity contribution in [3.63, 3.8) is 0 Å². The van der Waals surface area contributed by atoms with E-state index in [0.717, 1.165) is 11.1 Å². The Morgan fingerprint density at radius 1 is 0.969 bits per heavy atom. The minimum absolute atomic E-state index is 0.155. The summed E-state index contributed by atoms with van der Waals surface area (Å²) in [6.07, 6.45) is 0. The summed E-state index contributed by atoms with van der Waals surface area (Å²) in [4.78, 5) is 28.4. The molecule has 1 aliphatic heterocycles. The molecule has 0 fully saturated rings. The second-order valence-corrected chi connectivity index (χ2v) is 7.42. The second kappa shape index (κ2) is 9.56. The normalized spacial score (nSPS) is 13.4. The molecule has 164 valence electrons. The molecule has 0 radical (unpaired) electrons. The Kier molecular flexibility index (Phi) is 6.40. The maximum atomic E-state index is 13.6. The van der Waals surface area contributed by atoms with Gasteiger partial charge in [0.15, 0.2) is 0 Å². The van der Waals surface area contributed by atoms with Crippen LogP contribution in [-0.2, 0) is 11.3 Å². The van der Waals surface area contributed by atoms with Crippen LogP contribution in [0.2, 0.25) is 0 Å². The third-order valence-corrected chi connectivity index (χ3v) is 5.34. The van der Waals surface area contributed by atoms with Crippen molar-refractivity contribution in [3.05, 3.63) is 89.5 Å². The molecule has 0 aliphatic carbocycles. The van der Waals surface area contributed by atoms with Crippen LogP contribution in [0.1, 0.15) is 41.4 Å². The Hall–Kier alpha value is -3.80. The van der Waals surface area contributed by atoms with Crippen LogP contribution in [0, 0.1) is 0 Å². The molecule has 1 aliphatic rings. The number of nitrogens with one attached hydrogen (secondary N) is 1. The number of hydrogen-bond donors (Lipinski definition) is 1. The van der Waals surface area contributed by atoms with Gasteiger partial charge in [-0.15, -0.1) is 0 Å². The average Bonchev–Trinajstić information content (AvgIpc) is 3.13. The van der Waals surface area contributed by atoms with Crippen molar-refractivity contribution in [2.45, 2.75) is 26.4 Å². The quantitative estimate of drug-likeness (QED) is 0.556. The van der Waals surface area contributed by atoms with Crippen molar-refractivity contribution >= 4 is 17.5 Å². The number of carbonyl (C=O) groups excluding carboxylic acids is 2. The number of anilines is 1. The van der Waals surface area contributed by atoms with Crippen molar-refractivity contribution in [3.8, 4) is 11.5 Å². The largest absolute Gasteiger partial charge is 0.494 e. The maximum absolute atomic E-state index is 13.6. The molecule has 3 aromatic carbocycles. The number of fused-ring (bicyclic) bond motifs is 1. The van der Waals surface area contributed by atoms with Gasteiger partial charge in [-0.3, -0.25) is 9.59 Å². The van der Waals surface area contributed by atoms with Gasteiger partial charge in [-0.05, 0) is 43.2 Å². The van der Waals surface area contributed by atoms with Crippen LogP contribution in [0.15, 0.2) is 72.8 Å². The Balaban J connectivity index is 1.68. The van der Waals surface area contributed by atoms with Gasteiger partial charge in [0.1, 0.15) is 17.5 Å². The smallest absolute Gasteiger partial charge is 0.255 e. The third-order valence-electron chi connectivity index (χ3n) is 5.34. The van der Waals surface area contributed by atoms with Crippen LogP contribution >= 0.6 is 0 Å². The summed E-state index contributed by atoms with van der Waals surface area (Å²) in [7, 11) is 0. The first kappa shape index (κ1) is 21.4. The van der Waals surface area contributed by atoms with Crippen LogP contribution < -0.4 is 14.8 Å². The predicted molar refractivity (Wildman–Crippen MR) is 123 cm³/mol. The summed E-state index contributed by atoms with van der Waals surface area (Å²) in [6, 6.07) is 21.3. The van der Waals surface area contributed by atoms with Crippen molar-refractivity contribution in [1.29, 1.82) is 0 Å². The van der Waals surface area contributed by atoms with E-state index in [2.05, 4.69) is 5.32 Å². The van der Waals surface area contributed by atoms with Crippen LogP contribution in [-0.4, -0.2) is 29.9 Å². The van der Waals surface area contributed by atoms with Gasteiger partial charge in [-0.1, -0.05) is 48.5 Å². The first-order valence-electron chi connectivity index (χ1n) is 10.8. The summed E-state index contributed by atoms with van der Waals surface area (Å²) in [5, 5.41) is 2.98. The Bertz CT molecular complexity index is 1110. The van der Waals surface area contributed by atoms with Gasteiger partial charge in [0.2, 0.25) is 0 Å². The number of benzene rings is 3. The molecule has 0 saturated heterocycles. The molecule has 4 rings (SSSR count). The van der Waals surface area contributed by atoms with Crippen molar-refractivity contribution in [1.82, 2.24) is 4.90 Å². The van der Waals surface area contributed by atoms with Gasteiger partial charge in [0.05, 0.1) is 18.9 Å². The van der Waals surface area contributed by atoms with E-state index in [1.54, 1.807) is 29.2 Å². The molecule has 0 spiro atoms. The highest BCUT2D eigenvalue weighted by Crippen LogP contribution is 2.34. The average molecular weight is 431 g/mol. The van der Waals surface area contributed by atoms with Crippen molar-refractivity contribution in [2.24, 2.45) is 0 Å².